The fraction of sp³-hybridized carbons (Fsp3) is 0.381. The number of hydrogen-bond donors (Lipinski definition) is 1. The van der Waals surface area contributed by atoms with E-state index in [1.807, 2.05) is 12.3 Å². The van der Waals surface area contributed by atoms with Crippen molar-refractivity contribution in [2.45, 2.75) is 20.4 Å². The molecule has 1 aliphatic heterocycles. The third-order valence-corrected chi connectivity index (χ3v) is 5.49. The molecule has 6 heteroatoms. The molecule has 0 saturated carbocycles. The van der Waals surface area contributed by atoms with Gasteiger partial charge in [0.15, 0.2) is 11.5 Å². The van der Waals surface area contributed by atoms with Crippen molar-refractivity contribution < 1.29 is 9.84 Å². The molecular weight excluding hydrogens is 406 g/mol. The highest BCUT2D eigenvalue weighted by molar-refractivity contribution is 9.10. The maximum atomic E-state index is 9.89. The van der Waals surface area contributed by atoms with E-state index in [9.17, 15) is 5.11 Å². The van der Waals surface area contributed by atoms with Crippen molar-refractivity contribution in [3.63, 3.8) is 0 Å². The summed E-state index contributed by atoms with van der Waals surface area (Å²) in [5, 5.41) is 16.6. The van der Waals surface area contributed by atoms with Crippen molar-refractivity contribution in [2.75, 3.05) is 33.3 Å². The molecule has 0 amide bonds. The lowest BCUT2D eigenvalue weighted by Gasteiger charge is -2.33. The van der Waals surface area contributed by atoms with Crippen LogP contribution in [0.1, 0.15) is 22.3 Å². The molecule has 5 nitrogen and oxygen atoms in total. The average molecular weight is 432 g/mol. The van der Waals surface area contributed by atoms with Crippen LogP contribution in [0.2, 0.25) is 0 Å². The minimum absolute atomic E-state index is 0.106. The van der Waals surface area contributed by atoms with Crippen LogP contribution in [-0.2, 0) is 6.54 Å². The number of piperazine rings is 1. The topological polar surface area (TPSA) is 48.3 Å². The number of phenolic OH excluding ortho intramolecular Hbond substituents is 1. The van der Waals surface area contributed by atoms with Crippen molar-refractivity contribution in [1.29, 1.82) is 0 Å². The van der Waals surface area contributed by atoms with E-state index in [1.54, 1.807) is 6.07 Å². The monoisotopic (exact) mass is 431 g/mol. The van der Waals surface area contributed by atoms with Gasteiger partial charge in [-0.1, -0.05) is 23.8 Å². The van der Waals surface area contributed by atoms with Gasteiger partial charge < -0.3 is 9.84 Å². The molecule has 0 atom stereocenters. The Kier molecular flexibility index (Phi) is 6.39. The lowest BCUT2D eigenvalue weighted by molar-refractivity contribution is 0.131. The first-order chi connectivity index (χ1) is 13.0. The molecule has 0 radical (unpaired) electrons. The van der Waals surface area contributed by atoms with E-state index in [0.29, 0.717) is 10.2 Å². The van der Waals surface area contributed by atoms with Gasteiger partial charge in [-0.3, -0.25) is 9.91 Å². The number of hydrogen-bond acceptors (Lipinski definition) is 5. The molecule has 2 aromatic carbocycles. The molecule has 0 aliphatic carbocycles. The highest BCUT2D eigenvalue weighted by atomic mass is 79.9. The first-order valence-electron chi connectivity index (χ1n) is 9.10. The van der Waals surface area contributed by atoms with Gasteiger partial charge in [0.05, 0.1) is 17.8 Å². The second-order valence-corrected chi connectivity index (χ2v) is 7.81. The number of phenols is 1. The van der Waals surface area contributed by atoms with Crippen molar-refractivity contribution in [3.05, 3.63) is 57.1 Å². The molecule has 0 aromatic heterocycles. The van der Waals surface area contributed by atoms with Crippen LogP contribution in [0.3, 0.4) is 0 Å². The first kappa shape index (κ1) is 19.7. The Bertz CT molecular complexity index is 830. The highest BCUT2D eigenvalue weighted by Crippen LogP contribution is 2.34. The molecule has 1 aliphatic rings. The van der Waals surface area contributed by atoms with Crippen LogP contribution < -0.4 is 4.74 Å². The van der Waals surface area contributed by atoms with E-state index in [1.165, 1.54) is 23.8 Å². The second kappa shape index (κ2) is 8.76. The number of benzene rings is 2. The number of aryl methyl sites for hydroxylation is 2. The first-order valence-corrected chi connectivity index (χ1v) is 9.89. The molecule has 2 aromatic rings. The van der Waals surface area contributed by atoms with Crippen molar-refractivity contribution in [2.24, 2.45) is 5.10 Å². The molecule has 1 saturated heterocycles. The summed E-state index contributed by atoms with van der Waals surface area (Å²) in [5.74, 6) is 0.541. The Labute approximate surface area is 169 Å². The Balaban J connectivity index is 1.56. The maximum absolute atomic E-state index is 9.89. The molecular formula is C21H26BrN3O2. The number of rotatable bonds is 5. The van der Waals surface area contributed by atoms with Gasteiger partial charge in [0.1, 0.15) is 0 Å². The summed E-state index contributed by atoms with van der Waals surface area (Å²) in [6.07, 6.45) is 1.81. The van der Waals surface area contributed by atoms with Gasteiger partial charge in [-0.2, -0.15) is 5.10 Å². The van der Waals surface area contributed by atoms with E-state index in [4.69, 9.17) is 4.74 Å². The van der Waals surface area contributed by atoms with Crippen molar-refractivity contribution in [3.8, 4) is 11.5 Å². The van der Waals surface area contributed by atoms with Gasteiger partial charge in [0, 0.05) is 32.7 Å². The predicted octanol–water partition coefficient (Wildman–Crippen LogP) is 3.93. The number of nitrogens with zero attached hydrogens (tertiary/aromatic N) is 3. The predicted molar refractivity (Wildman–Crippen MR) is 113 cm³/mol. The molecule has 0 spiro atoms. The summed E-state index contributed by atoms with van der Waals surface area (Å²) in [6.45, 7) is 9.10. The summed E-state index contributed by atoms with van der Waals surface area (Å²) in [7, 11) is 1.54. The lowest BCUT2D eigenvalue weighted by atomic mass is 10.1. The Hall–Kier alpha value is -2.05. The minimum atomic E-state index is 0.106. The normalized spacial score (nSPS) is 15.5. The van der Waals surface area contributed by atoms with Gasteiger partial charge in [-0.05, 0) is 58.6 Å². The van der Waals surface area contributed by atoms with E-state index in [2.05, 4.69) is 63.0 Å². The number of ether oxygens (including phenoxy) is 1. The second-order valence-electron chi connectivity index (χ2n) is 6.96. The molecule has 144 valence electrons. The van der Waals surface area contributed by atoms with E-state index in [0.717, 1.165) is 38.3 Å². The molecule has 1 heterocycles. The van der Waals surface area contributed by atoms with Gasteiger partial charge in [0.25, 0.3) is 0 Å². The third kappa shape index (κ3) is 5.02. The third-order valence-electron chi connectivity index (χ3n) is 4.88. The minimum Gasteiger partial charge on any atom is -0.503 e. The van der Waals surface area contributed by atoms with Crippen LogP contribution in [-0.4, -0.2) is 54.5 Å². The fourth-order valence-electron chi connectivity index (χ4n) is 3.25. The molecule has 1 fully saturated rings. The SMILES string of the molecule is COc1cc(/C=N\N2CCN(Cc3ccc(C)cc3C)CC2)cc(Br)c1O. The van der Waals surface area contributed by atoms with Crippen LogP contribution in [0.4, 0.5) is 0 Å². The Morgan fingerprint density at radius 2 is 1.89 bits per heavy atom. The van der Waals surface area contributed by atoms with Crippen LogP contribution in [0.15, 0.2) is 39.9 Å². The molecule has 27 heavy (non-hydrogen) atoms. The zero-order valence-electron chi connectivity index (χ0n) is 16.1. The van der Waals surface area contributed by atoms with Gasteiger partial charge >= 0.3 is 0 Å². The largest absolute Gasteiger partial charge is 0.503 e. The summed E-state index contributed by atoms with van der Waals surface area (Å²) >= 11 is 3.34. The number of halogens is 1. The van der Waals surface area contributed by atoms with Crippen LogP contribution in [0, 0.1) is 13.8 Å². The van der Waals surface area contributed by atoms with E-state index < -0.39 is 0 Å². The number of aromatic hydroxyl groups is 1. The zero-order chi connectivity index (χ0) is 19.4. The average Bonchev–Trinajstić information content (AvgIpc) is 2.66. The maximum Gasteiger partial charge on any atom is 0.172 e. The summed E-state index contributed by atoms with van der Waals surface area (Å²) in [4.78, 5) is 2.48. The highest BCUT2D eigenvalue weighted by Gasteiger charge is 2.16. The molecule has 0 bridgehead atoms. The van der Waals surface area contributed by atoms with Crippen LogP contribution in [0.25, 0.3) is 0 Å². The Morgan fingerprint density at radius 1 is 1.15 bits per heavy atom. The summed E-state index contributed by atoms with van der Waals surface area (Å²) in [5.41, 5.74) is 4.96. The van der Waals surface area contributed by atoms with E-state index >= 15 is 0 Å². The van der Waals surface area contributed by atoms with Gasteiger partial charge in [-0.25, -0.2) is 0 Å². The number of methoxy groups -OCH3 is 1. The Morgan fingerprint density at radius 3 is 2.56 bits per heavy atom. The van der Waals surface area contributed by atoms with Crippen LogP contribution in [0.5, 0.6) is 11.5 Å². The molecule has 1 N–H and O–H groups in total. The smallest absolute Gasteiger partial charge is 0.172 e. The van der Waals surface area contributed by atoms with Crippen molar-refractivity contribution in [1.82, 2.24) is 9.91 Å². The van der Waals surface area contributed by atoms with Gasteiger partial charge in [0.2, 0.25) is 0 Å². The van der Waals surface area contributed by atoms with E-state index in [-0.39, 0.29) is 5.75 Å². The summed E-state index contributed by atoms with van der Waals surface area (Å²) in [6, 6.07) is 10.3. The standard InChI is InChI=1S/C21H26BrN3O2/c1-15-4-5-18(16(2)10-15)14-24-6-8-25(9-7-24)23-13-17-11-19(22)21(26)20(12-17)27-3/h4-5,10-13,26H,6-9,14H2,1-3H3/b23-13-. The van der Waals surface area contributed by atoms with Crippen molar-refractivity contribution >= 4 is 22.1 Å². The molecule has 3 rings (SSSR count). The lowest BCUT2D eigenvalue weighted by Crippen LogP contribution is -2.43. The quantitative estimate of drug-likeness (QED) is 0.728. The number of hydrazone groups is 1. The van der Waals surface area contributed by atoms with Crippen LogP contribution >= 0.6 is 15.9 Å². The fourth-order valence-corrected chi connectivity index (χ4v) is 3.71. The summed E-state index contributed by atoms with van der Waals surface area (Å²) < 4.78 is 5.78. The molecule has 0 unspecified atom stereocenters. The zero-order valence-corrected chi connectivity index (χ0v) is 17.7. The van der Waals surface area contributed by atoms with Gasteiger partial charge in [-0.15, -0.1) is 0 Å².